The summed E-state index contributed by atoms with van der Waals surface area (Å²) in [6.45, 7) is 6.99. The normalized spacial score (nSPS) is 18.3. The molecule has 4 heterocycles. The fourth-order valence-corrected chi connectivity index (χ4v) is 4.57. The maximum atomic E-state index is 13.1. The molecule has 2 aliphatic rings. The van der Waals surface area contributed by atoms with Gasteiger partial charge < -0.3 is 15.0 Å². The lowest BCUT2D eigenvalue weighted by atomic mass is 9.80. The first-order chi connectivity index (χ1) is 15.7. The highest BCUT2D eigenvalue weighted by Gasteiger charge is 2.41. The predicted molar refractivity (Wildman–Crippen MR) is 115 cm³/mol. The summed E-state index contributed by atoms with van der Waals surface area (Å²) < 4.78 is 46.5. The van der Waals surface area contributed by atoms with Crippen LogP contribution in [0, 0.1) is 5.41 Å². The maximum Gasteiger partial charge on any atom is 0.416 e. The van der Waals surface area contributed by atoms with E-state index in [0.717, 1.165) is 63.9 Å². The number of pyridine rings is 1. The molecule has 0 atom stereocenters. The van der Waals surface area contributed by atoms with Crippen molar-refractivity contribution in [3.8, 4) is 0 Å². The number of halogens is 3. The van der Waals surface area contributed by atoms with Crippen molar-refractivity contribution in [2.24, 2.45) is 5.41 Å². The summed E-state index contributed by atoms with van der Waals surface area (Å²) >= 11 is 0. The average molecular weight is 467 g/mol. The number of amides is 1. The van der Waals surface area contributed by atoms with E-state index in [9.17, 15) is 18.0 Å². The lowest BCUT2D eigenvalue weighted by Gasteiger charge is -2.33. The van der Waals surface area contributed by atoms with Gasteiger partial charge in [-0.05, 0) is 50.7 Å². The van der Waals surface area contributed by atoms with Crippen LogP contribution >= 0.6 is 0 Å². The van der Waals surface area contributed by atoms with Gasteiger partial charge in [0.05, 0.1) is 5.56 Å². The van der Waals surface area contributed by atoms with Gasteiger partial charge in [0.1, 0.15) is 0 Å². The van der Waals surface area contributed by atoms with Crippen LogP contribution in [0.3, 0.4) is 0 Å². The Morgan fingerprint density at radius 2 is 2.00 bits per heavy atom. The molecule has 2 fully saturated rings. The molecule has 1 spiro atoms. The van der Waals surface area contributed by atoms with Crippen LogP contribution in [-0.2, 0) is 23.9 Å². The molecule has 33 heavy (non-hydrogen) atoms. The van der Waals surface area contributed by atoms with E-state index in [1.54, 1.807) is 4.57 Å². The van der Waals surface area contributed by atoms with Crippen LogP contribution in [-0.4, -0.2) is 58.0 Å². The number of nitrogens with one attached hydrogen (secondary N) is 1. The van der Waals surface area contributed by atoms with Crippen LogP contribution in [0.2, 0.25) is 0 Å². The third kappa shape index (κ3) is 5.29. The Hall–Kier alpha value is -2.69. The van der Waals surface area contributed by atoms with Crippen molar-refractivity contribution in [3.05, 3.63) is 35.4 Å². The molecule has 0 bridgehead atoms. The zero-order valence-corrected chi connectivity index (χ0v) is 18.9. The number of carbonyl (C=O) groups excluding carboxylic acids is 1. The molecular formula is C22H29F3N6O2. The highest BCUT2D eigenvalue weighted by molar-refractivity contribution is 5.91. The maximum absolute atomic E-state index is 13.1. The molecule has 0 aliphatic carbocycles. The van der Waals surface area contributed by atoms with Gasteiger partial charge >= 0.3 is 6.18 Å². The van der Waals surface area contributed by atoms with Gasteiger partial charge in [0.15, 0.2) is 0 Å². The van der Waals surface area contributed by atoms with Crippen LogP contribution in [0.25, 0.3) is 0 Å². The number of alkyl halides is 3. The van der Waals surface area contributed by atoms with Gasteiger partial charge in [-0.3, -0.25) is 14.3 Å². The molecule has 1 amide bonds. The largest absolute Gasteiger partial charge is 0.416 e. The van der Waals surface area contributed by atoms with Crippen molar-refractivity contribution in [1.82, 2.24) is 25.1 Å². The number of ether oxygens (including phenoxy) is 1. The molecule has 4 rings (SSSR count). The van der Waals surface area contributed by atoms with Crippen LogP contribution in [0.5, 0.6) is 0 Å². The van der Waals surface area contributed by atoms with Gasteiger partial charge in [-0.15, -0.1) is 10.2 Å². The minimum atomic E-state index is -4.44. The van der Waals surface area contributed by atoms with Crippen LogP contribution in [0.1, 0.15) is 55.0 Å². The summed E-state index contributed by atoms with van der Waals surface area (Å²) in [7, 11) is 0. The Kier molecular flexibility index (Phi) is 6.60. The van der Waals surface area contributed by atoms with E-state index in [1.165, 1.54) is 0 Å². The molecule has 0 unspecified atom stereocenters. The zero-order valence-electron chi connectivity index (χ0n) is 18.9. The number of aromatic nitrogens is 4. The van der Waals surface area contributed by atoms with Crippen molar-refractivity contribution in [2.75, 3.05) is 31.2 Å². The molecule has 2 aliphatic heterocycles. The number of rotatable bonds is 6. The van der Waals surface area contributed by atoms with Crippen molar-refractivity contribution in [2.45, 2.75) is 58.3 Å². The Bertz CT molecular complexity index is 985. The second-order valence-electron chi connectivity index (χ2n) is 9.17. The Morgan fingerprint density at radius 3 is 2.70 bits per heavy atom. The number of aryl methyl sites for hydroxylation is 1. The molecule has 0 saturated carbocycles. The molecule has 0 aromatic carbocycles. The van der Waals surface area contributed by atoms with Crippen molar-refractivity contribution in [1.29, 1.82) is 0 Å². The predicted octanol–water partition coefficient (Wildman–Crippen LogP) is 3.08. The minimum Gasteiger partial charge on any atom is -0.381 e. The van der Waals surface area contributed by atoms with Gasteiger partial charge in [0, 0.05) is 57.2 Å². The fourth-order valence-electron chi connectivity index (χ4n) is 4.57. The number of hydrogen-bond donors (Lipinski definition) is 1. The van der Waals surface area contributed by atoms with E-state index in [-0.39, 0.29) is 36.2 Å². The number of anilines is 1. The molecule has 1 N–H and O–H groups in total. The molecular weight excluding hydrogens is 437 g/mol. The lowest BCUT2D eigenvalue weighted by molar-refractivity contribution is -0.137. The topological polar surface area (TPSA) is 85.2 Å². The van der Waals surface area contributed by atoms with E-state index in [4.69, 9.17) is 4.74 Å². The standard InChI is InChI=1S/C22H29F3N6O2/c1-15(2)27-19(32)18-28-29-20(30-10-5-21(14-30)6-11-33-12-7-21)31(18)9-4-17-13-16(3-8-26-17)22(23,24)25/h3,8,13,15H,4-7,9-12,14H2,1-2H3,(H,27,32). The summed E-state index contributed by atoms with van der Waals surface area (Å²) in [6, 6.07) is 1.91. The average Bonchev–Trinajstić information content (AvgIpc) is 3.36. The summed E-state index contributed by atoms with van der Waals surface area (Å²) in [5.74, 6) is 0.360. The van der Waals surface area contributed by atoms with Gasteiger partial charge in [-0.1, -0.05) is 0 Å². The van der Waals surface area contributed by atoms with E-state index >= 15 is 0 Å². The molecule has 2 aromatic rings. The van der Waals surface area contributed by atoms with E-state index in [0.29, 0.717) is 11.6 Å². The summed E-state index contributed by atoms with van der Waals surface area (Å²) in [4.78, 5) is 19.0. The first-order valence-corrected chi connectivity index (χ1v) is 11.3. The molecule has 0 radical (unpaired) electrons. The van der Waals surface area contributed by atoms with Crippen LogP contribution in [0.15, 0.2) is 18.3 Å². The van der Waals surface area contributed by atoms with Crippen LogP contribution < -0.4 is 10.2 Å². The van der Waals surface area contributed by atoms with Crippen molar-refractivity contribution in [3.63, 3.8) is 0 Å². The number of carbonyl (C=O) groups is 1. The summed E-state index contributed by atoms with van der Waals surface area (Å²) in [6.07, 6.45) is -0.100. The molecule has 180 valence electrons. The highest BCUT2D eigenvalue weighted by Crippen LogP contribution is 2.41. The highest BCUT2D eigenvalue weighted by atomic mass is 19.4. The Labute approximate surface area is 190 Å². The molecule has 8 nitrogen and oxygen atoms in total. The monoisotopic (exact) mass is 466 g/mol. The second kappa shape index (κ2) is 9.28. The van der Waals surface area contributed by atoms with Gasteiger partial charge in [-0.25, -0.2) is 0 Å². The van der Waals surface area contributed by atoms with Gasteiger partial charge in [-0.2, -0.15) is 13.2 Å². The second-order valence-corrected chi connectivity index (χ2v) is 9.17. The molecule has 11 heteroatoms. The summed E-state index contributed by atoms with van der Waals surface area (Å²) in [5.41, 5.74) is -0.282. The number of nitrogens with zero attached hydrogens (tertiary/aromatic N) is 5. The first-order valence-electron chi connectivity index (χ1n) is 11.3. The SMILES string of the molecule is CC(C)NC(=O)c1nnc(N2CCC3(CCOCC3)C2)n1CCc1cc(C(F)(F)F)ccn1. The lowest BCUT2D eigenvalue weighted by Crippen LogP contribution is -2.35. The molecule has 2 aromatic heterocycles. The van der Waals surface area contributed by atoms with E-state index < -0.39 is 11.7 Å². The molecule has 2 saturated heterocycles. The number of hydrogen-bond acceptors (Lipinski definition) is 6. The van der Waals surface area contributed by atoms with E-state index in [1.807, 2.05) is 13.8 Å². The third-order valence-electron chi connectivity index (χ3n) is 6.36. The first kappa shape index (κ1) is 23.5. The minimum absolute atomic E-state index is 0.0893. The van der Waals surface area contributed by atoms with E-state index in [2.05, 4.69) is 25.4 Å². The van der Waals surface area contributed by atoms with Crippen LogP contribution in [0.4, 0.5) is 19.1 Å². The van der Waals surface area contributed by atoms with Gasteiger partial charge in [0.2, 0.25) is 11.8 Å². The Balaban J connectivity index is 1.58. The van der Waals surface area contributed by atoms with Crippen molar-refractivity contribution < 1.29 is 22.7 Å². The zero-order chi connectivity index (χ0) is 23.6. The third-order valence-corrected chi connectivity index (χ3v) is 6.36. The van der Waals surface area contributed by atoms with Crippen molar-refractivity contribution >= 4 is 11.9 Å². The smallest absolute Gasteiger partial charge is 0.381 e. The van der Waals surface area contributed by atoms with Gasteiger partial charge in [0.25, 0.3) is 5.91 Å². The summed E-state index contributed by atoms with van der Waals surface area (Å²) in [5, 5.41) is 11.3. The Morgan fingerprint density at radius 1 is 1.24 bits per heavy atom. The fraction of sp³-hybridized carbons (Fsp3) is 0.636. The quantitative estimate of drug-likeness (QED) is 0.704.